The molecule has 35 heavy (non-hydrogen) atoms. The average molecular weight is 486 g/mol. The Labute approximate surface area is 203 Å². The Hall–Kier alpha value is -3.97. The second-order valence-corrected chi connectivity index (χ2v) is 7.57. The van der Waals surface area contributed by atoms with E-state index >= 15 is 0 Å². The van der Waals surface area contributed by atoms with Crippen molar-refractivity contribution in [3.63, 3.8) is 0 Å². The molecule has 0 aliphatic heterocycles. The molecule has 0 spiro atoms. The van der Waals surface area contributed by atoms with Crippen LogP contribution in [0.5, 0.6) is 0 Å². The lowest BCUT2D eigenvalue weighted by atomic mass is 10.1. The largest absolute Gasteiger partial charge is 0.449 e. The number of carbonyl (C=O) groups excluding carboxylic acids is 3. The van der Waals surface area contributed by atoms with E-state index in [0.717, 1.165) is 11.3 Å². The SMILES string of the molecule is CCCOC[C@@H](C(=O)OCC#N)N(C)C(=O)OCc1ccc(NC(=O)Cc2ccc(F)cc2)cc1. The van der Waals surface area contributed by atoms with Crippen molar-refractivity contribution in [2.75, 3.05) is 32.2 Å². The van der Waals surface area contributed by atoms with Gasteiger partial charge in [-0.3, -0.25) is 9.69 Å². The highest BCUT2D eigenvalue weighted by atomic mass is 19.1. The number of likely N-dealkylation sites (N-methyl/N-ethyl adjacent to an activating group) is 1. The first-order valence-corrected chi connectivity index (χ1v) is 11.0. The highest BCUT2D eigenvalue weighted by molar-refractivity contribution is 5.92. The molecule has 0 radical (unpaired) electrons. The van der Waals surface area contributed by atoms with Gasteiger partial charge in [0.25, 0.3) is 0 Å². The van der Waals surface area contributed by atoms with Gasteiger partial charge in [-0.05, 0) is 41.8 Å². The molecule has 1 atom stereocenters. The normalized spacial score (nSPS) is 11.1. The van der Waals surface area contributed by atoms with Gasteiger partial charge < -0.3 is 19.5 Å². The van der Waals surface area contributed by atoms with E-state index in [1.165, 1.54) is 19.2 Å². The van der Waals surface area contributed by atoms with Crippen molar-refractivity contribution < 1.29 is 33.0 Å². The van der Waals surface area contributed by atoms with E-state index < -0.39 is 24.7 Å². The summed E-state index contributed by atoms with van der Waals surface area (Å²) < 4.78 is 28.5. The fourth-order valence-electron chi connectivity index (χ4n) is 2.93. The highest BCUT2D eigenvalue weighted by Gasteiger charge is 2.29. The van der Waals surface area contributed by atoms with E-state index in [2.05, 4.69) is 5.32 Å². The minimum absolute atomic E-state index is 0.0667. The lowest BCUT2D eigenvalue weighted by Gasteiger charge is -2.25. The molecule has 0 aromatic heterocycles. The number of anilines is 1. The van der Waals surface area contributed by atoms with Gasteiger partial charge in [0.2, 0.25) is 5.91 Å². The summed E-state index contributed by atoms with van der Waals surface area (Å²) in [6, 6.07) is 13.0. The van der Waals surface area contributed by atoms with E-state index in [1.54, 1.807) is 42.5 Å². The van der Waals surface area contributed by atoms with Crippen molar-refractivity contribution in [3.8, 4) is 6.07 Å². The number of carbonyl (C=O) groups is 3. The third kappa shape index (κ3) is 9.43. The Morgan fingerprint density at radius 3 is 2.34 bits per heavy atom. The standard InChI is InChI=1S/C25H28FN3O6/c1-3-13-33-17-22(24(31)34-14-12-27)29(2)25(32)35-16-19-6-10-21(11-7-19)28-23(30)15-18-4-8-20(26)9-5-18/h4-11,22H,3,13-17H2,1-2H3,(H,28,30)/t22-/m0/s1. The zero-order valence-corrected chi connectivity index (χ0v) is 19.7. The molecule has 2 rings (SSSR count). The van der Waals surface area contributed by atoms with Gasteiger partial charge in [-0.1, -0.05) is 31.2 Å². The highest BCUT2D eigenvalue weighted by Crippen LogP contribution is 2.13. The molecule has 0 fully saturated rings. The molecule has 0 saturated carbocycles. The van der Waals surface area contributed by atoms with Gasteiger partial charge in [0.15, 0.2) is 12.6 Å². The number of hydrogen-bond donors (Lipinski definition) is 1. The fourth-order valence-corrected chi connectivity index (χ4v) is 2.93. The van der Waals surface area contributed by atoms with Crippen LogP contribution in [0.25, 0.3) is 0 Å². The van der Waals surface area contributed by atoms with Crippen LogP contribution in [-0.2, 0) is 36.8 Å². The van der Waals surface area contributed by atoms with Crippen LogP contribution in [0.3, 0.4) is 0 Å². The Kier molecular flexibility index (Phi) is 11.2. The first-order valence-electron chi connectivity index (χ1n) is 11.0. The quantitative estimate of drug-likeness (QED) is 0.361. The Morgan fingerprint density at radius 2 is 1.71 bits per heavy atom. The third-order valence-corrected chi connectivity index (χ3v) is 4.81. The molecular weight excluding hydrogens is 457 g/mol. The van der Waals surface area contributed by atoms with Crippen molar-refractivity contribution in [3.05, 3.63) is 65.5 Å². The molecule has 2 aromatic carbocycles. The molecule has 10 heteroatoms. The lowest BCUT2D eigenvalue weighted by molar-refractivity contribution is -0.150. The number of nitrogens with one attached hydrogen (secondary N) is 1. The van der Waals surface area contributed by atoms with Gasteiger partial charge in [0.1, 0.15) is 18.5 Å². The van der Waals surface area contributed by atoms with Crippen molar-refractivity contribution in [1.29, 1.82) is 5.26 Å². The predicted molar refractivity (Wildman–Crippen MR) is 125 cm³/mol. The first kappa shape index (κ1) is 27.3. The fraction of sp³-hybridized carbons (Fsp3) is 0.360. The van der Waals surface area contributed by atoms with Crippen molar-refractivity contribution >= 4 is 23.7 Å². The first-order chi connectivity index (χ1) is 16.8. The van der Waals surface area contributed by atoms with Crippen molar-refractivity contribution in [1.82, 2.24) is 4.90 Å². The molecular formula is C25H28FN3O6. The van der Waals surface area contributed by atoms with Gasteiger partial charge in [-0.25, -0.2) is 14.0 Å². The summed E-state index contributed by atoms with van der Waals surface area (Å²) in [6.07, 6.45) is 0.0728. The number of benzene rings is 2. The maximum absolute atomic E-state index is 13.0. The number of esters is 1. The van der Waals surface area contributed by atoms with Crippen LogP contribution in [0.15, 0.2) is 48.5 Å². The number of nitriles is 1. The third-order valence-electron chi connectivity index (χ3n) is 4.81. The number of rotatable bonds is 12. The van der Waals surface area contributed by atoms with Crippen LogP contribution < -0.4 is 5.32 Å². The minimum Gasteiger partial charge on any atom is -0.449 e. The summed E-state index contributed by atoms with van der Waals surface area (Å²) in [5.74, 6) is -1.38. The number of halogens is 1. The van der Waals surface area contributed by atoms with E-state index in [1.807, 2.05) is 6.92 Å². The van der Waals surface area contributed by atoms with Crippen LogP contribution >= 0.6 is 0 Å². The average Bonchev–Trinajstić information content (AvgIpc) is 2.85. The molecule has 0 saturated heterocycles. The van der Waals surface area contributed by atoms with E-state index in [4.69, 9.17) is 19.5 Å². The Bertz CT molecular complexity index is 1020. The van der Waals surface area contributed by atoms with Crippen molar-refractivity contribution in [2.45, 2.75) is 32.4 Å². The molecule has 2 aromatic rings. The van der Waals surface area contributed by atoms with Gasteiger partial charge >= 0.3 is 12.1 Å². The maximum Gasteiger partial charge on any atom is 0.410 e. The zero-order valence-electron chi connectivity index (χ0n) is 19.7. The molecule has 186 valence electrons. The van der Waals surface area contributed by atoms with E-state index in [-0.39, 0.29) is 31.4 Å². The van der Waals surface area contributed by atoms with Crippen molar-refractivity contribution in [2.24, 2.45) is 0 Å². The molecule has 0 aliphatic rings. The monoisotopic (exact) mass is 485 g/mol. The van der Waals surface area contributed by atoms with Gasteiger partial charge in [0.05, 0.1) is 13.0 Å². The van der Waals surface area contributed by atoms with Crippen LogP contribution in [0, 0.1) is 17.1 Å². The lowest BCUT2D eigenvalue weighted by Crippen LogP contribution is -2.46. The van der Waals surface area contributed by atoms with Gasteiger partial charge in [0, 0.05) is 19.3 Å². The molecule has 0 aliphatic carbocycles. The molecule has 9 nitrogen and oxygen atoms in total. The summed E-state index contributed by atoms with van der Waals surface area (Å²) in [6.45, 7) is 1.72. The Morgan fingerprint density at radius 1 is 1.06 bits per heavy atom. The number of hydrogen-bond acceptors (Lipinski definition) is 7. The summed E-state index contributed by atoms with van der Waals surface area (Å²) in [7, 11) is 1.38. The second kappa shape index (κ2) is 14.3. The van der Waals surface area contributed by atoms with E-state index in [0.29, 0.717) is 23.4 Å². The summed E-state index contributed by atoms with van der Waals surface area (Å²) in [5.41, 5.74) is 1.90. The van der Waals surface area contributed by atoms with Crippen LogP contribution in [0.1, 0.15) is 24.5 Å². The molecule has 0 heterocycles. The summed E-state index contributed by atoms with van der Waals surface area (Å²) >= 11 is 0. The minimum atomic E-state index is -1.05. The second-order valence-electron chi connectivity index (χ2n) is 7.57. The zero-order chi connectivity index (χ0) is 25.6. The van der Waals surface area contributed by atoms with E-state index in [9.17, 15) is 18.8 Å². The summed E-state index contributed by atoms with van der Waals surface area (Å²) in [4.78, 5) is 37.9. The van der Waals surface area contributed by atoms with Gasteiger partial charge in [-0.15, -0.1) is 0 Å². The molecule has 1 N–H and O–H groups in total. The number of amides is 2. The summed E-state index contributed by atoms with van der Waals surface area (Å²) in [5, 5.41) is 11.4. The Balaban J connectivity index is 1.87. The predicted octanol–water partition coefficient (Wildman–Crippen LogP) is 3.44. The van der Waals surface area contributed by atoms with Gasteiger partial charge in [-0.2, -0.15) is 5.26 Å². The molecule has 2 amide bonds. The molecule has 0 unspecified atom stereocenters. The van der Waals surface area contributed by atoms with Crippen LogP contribution in [0.2, 0.25) is 0 Å². The number of nitrogens with zero attached hydrogens (tertiary/aromatic N) is 2. The smallest absolute Gasteiger partial charge is 0.410 e. The number of ether oxygens (including phenoxy) is 3. The molecule has 0 bridgehead atoms. The van der Waals surface area contributed by atoms with Crippen LogP contribution in [-0.4, -0.2) is 55.8 Å². The topological polar surface area (TPSA) is 118 Å². The maximum atomic E-state index is 13.0. The van der Waals surface area contributed by atoms with Crippen LogP contribution in [0.4, 0.5) is 14.9 Å².